The van der Waals surface area contributed by atoms with E-state index in [0.29, 0.717) is 12.8 Å². The molecule has 0 spiro atoms. The predicted molar refractivity (Wildman–Crippen MR) is 119 cm³/mol. The highest BCUT2D eigenvalue weighted by molar-refractivity contribution is 7.22. The van der Waals surface area contributed by atoms with E-state index >= 15 is 0 Å². The minimum absolute atomic E-state index is 0.0333. The third-order valence-corrected chi connectivity index (χ3v) is 6.07. The molecule has 1 N–H and O–H groups in total. The number of aromatic nitrogens is 1. The zero-order valence-corrected chi connectivity index (χ0v) is 18.0. The van der Waals surface area contributed by atoms with Crippen LogP contribution in [0.2, 0.25) is 0 Å². The Morgan fingerprint density at radius 3 is 2.57 bits per heavy atom. The highest BCUT2D eigenvalue weighted by Gasteiger charge is 2.16. The second-order valence-corrected chi connectivity index (χ2v) is 8.06. The largest absolute Gasteiger partial charge is 0.497 e. The van der Waals surface area contributed by atoms with Gasteiger partial charge < -0.3 is 24.4 Å². The fourth-order valence-corrected chi connectivity index (χ4v) is 4.43. The van der Waals surface area contributed by atoms with Crippen molar-refractivity contribution in [2.75, 3.05) is 50.7 Å². The lowest BCUT2D eigenvalue weighted by Crippen LogP contribution is -2.36. The Hall–Kier alpha value is -2.84. The first-order chi connectivity index (χ1) is 14.6. The highest BCUT2D eigenvalue weighted by atomic mass is 32.1. The highest BCUT2D eigenvalue weighted by Crippen LogP contribution is 2.31. The molecule has 0 unspecified atom stereocenters. The van der Waals surface area contributed by atoms with Gasteiger partial charge in [-0.15, -0.1) is 0 Å². The molecule has 3 aromatic rings. The number of anilines is 2. The number of carbonyl (C=O) groups excluding carboxylic acids is 1. The molecule has 8 heteroatoms. The number of carbonyl (C=O) groups is 1. The first kappa shape index (κ1) is 20.4. The van der Waals surface area contributed by atoms with Crippen molar-refractivity contribution in [2.24, 2.45) is 0 Å². The Balaban J connectivity index is 1.39. The molecule has 30 heavy (non-hydrogen) atoms. The summed E-state index contributed by atoms with van der Waals surface area (Å²) in [5.74, 6) is 1.40. The molecule has 4 rings (SSSR count). The van der Waals surface area contributed by atoms with Gasteiger partial charge in [0.05, 0.1) is 37.6 Å². The number of nitrogens with one attached hydrogen (secondary N) is 1. The number of rotatable bonds is 7. The predicted octanol–water partition coefficient (Wildman–Crippen LogP) is 3.72. The zero-order chi connectivity index (χ0) is 20.9. The van der Waals surface area contributed by atoms with Crippen molar-refractivity contribution in [3.05, 3.63) is 42.0 Å². The van der Waals surface area contributed by atoms with E-state index in [2.05, 4.69) is 10.2 Å². The third-order valence-electron chi connectivity index (χ3n) is 4.99. The number of hydrogen-bond donors (Lipinski definition) is 1. The fraction of sp³-hybridized carbons (Fsp3) is 0.364. The van der Waals surface area contributed by atoms with E-state index in [0.717, 1.165) is 64.4 Å². The zero-order valence-electron chi connectivity index (χ0n) is 17.1. The molecule has 0 saturated carbocycles. The second kappa shape index (κ2) is 9.32. The van der Waals surface area contributed by atoms with Gasteiger partial charge in [0.1, 0.15) is 11.5 Å². The van der Waals surface area contributed by atoms with Gasteiger partial charge in [0, 0.05) is 31.3 Å². The van der Waals surface area contributed by atoms with E-state index < -0.39 is 0 Å². The standard InChI is InChI=1S/C22H25N3O4S/c1-27-17-11-15(12-18(14-17)28-2)3-6-21(26)23-16-4-5-19-20(13-16)30-22(24-19)25-7-9-29-10-8-25/h4-5,11-14H,3,6-10H2,1-2H3,(H,23,26). The van der Waals surface area contributed by atoms with Gasteiger partial charge in [-0.05, 0) is 42.3 Å². The van der Waals surface area contributed by atoms with E-state index in [-0.39, 0.29) is 5.91 Å². The Bertz CT molecular complexity index is 1010. The molecular formula is C22H25N3O4S. The van der Waals surface area contributed by atoms with Gasteiger partial charge in [-0.2, -0.15) is 0 Å². The molecule has 7 nitrogen and oxygen atoms in total. The van der Waals surface area contributed by atoms with Crippen molar-refractivity contribution in [2.45, 2.75) is 12.8 Å². The molecule has 158 valence electrons. The summed E-state index contributed by atoms with van der Waals surface area (Å²) in [6.45, 7) is 3.18. The smallest absolute Gasteiger partial charge is 0.224 e. The molecular weight excluding hydrogens is 402 g/mol. The van der Waals surface area contributed by atoms with Crippen molar-refractivity contribution in [1.82, 2.24) is 4.98 Å². The van der Waals surface area contributed by atoms with E-state index in [9.17, 15) is 4.79 Å². The van der Waals surface area contributed by atoms with Crippen LogP contribution in [0.5, 0.6) is 11.5 Å². The summed E-state index contributed by atoms with van der Waals surface area (Å²) in [7, 11) is 3.23. The summed E-state index contributed by atoms with van der Waals surface area (Å²) in [5, 5.41) is 4.00. The fourth-order valence-electron chi connectivity index (χ4n) is 3.37. The molecule has 2 heterocycles. The lowest BCUT2D eigenvalue weighted by atomic mass is 10.1. The molecule has 1 saturated heterocycles. The number of ether oxygens (including phenoxy) is 3. The van der Waals surface area contributed by atoms with E-state index in [1.807, 2.05) is 36.4 Å². The van der Waals surface area contributed by atoms with Crippen LogP contribution in [-0.4, -0.2) is 51.4 Å². The number of benzene rings is 2. The van der Waals surface area contributed by atoms with Gasteiger partial charge in [0.2, 0.25) is 5.91 Å². The average Bonchev–Trinajstić information content (AvgIpc) is 3.21. The summed E-state index contributed by atoms with van der Waals surface area (Å²) in [4.78, 5) is 19.4. The second-order valence-electron chi connectivity index (χ2n) is 7.05. The summed E-state index contributed by atoms with van der Waals surface area (Å²) < 4.78 is 17.1. The number of fused-ring (bicyclic) bond motifs is 1. The van der Waals surface area contributed by atoms with Crippen LogP contribution < -0.4 is 19.7 Å². The van der Waals surface area contributed by atoms with Gasteiger partial charge >= 0.3 is 0 Å². The number of hydrogen-bond acceptors (Lipinski definition) is 7. The maximum absolute atomic E-state index is 12.5. The number of amides is 1. The number of aryl methyl sites for hydroxylation is 1. The van der Waals surface area contributed by atoms with Crippen LogP contribution in [-0.2, 0) is 16.0 Å². The van der Waals surface area contributed by atoms with Gasteiger partial charge in [-0.1, -0.05) is 11.3 Å². The SMILES string of the molecule is COc1cc(CCC(=O)Nc2ccc3nc(N4CCOCC4)sc3c2)cc(OC)c1. The number of morpholine rings is 1. The molecule has 0 bridgehead atoms. The minimum Gasteiger partial charge on any atom is -0.497 e. The molecule has 1 aliphatic heterocycles. The summed E-state index contributed by atoms with van der Waals surface area (Å²) in [6.07, 6.45) is 0.972. The van der Waals surface area contributed by atoms with Gasteiger partial charge in [0.15, 0.2) is 5.13 Å². The molecule has 1 aliphatic rings. The van der Waals surface area contributed by atoms with Crippen molar-refractivity contribution in [3.8, 4) is 11.5 Å². The van der Waals surface area contributed by atoms with Crippen LogP contribution in [0, 0.1) is 0 Å². The van der Waals surface area contributed by atoms with Crippen molar-refractivity contribution < 1.29 is 19.0 Å². The van der Waals surface area contributed by atoms with Gasteiger partial charge in [-0.25, -0.2) is 4.98 Å². The first-order valence-electron chi connectivity index (χ1n) is 9.89. The Kier molecular flexibility index (Phi) is 6.35. The third kappa shape index (κ3) is 4.83. The normalized spacial score (nSPS) is 14.0. The van der Waals surface area contributed by atoms with Crippen LogP contribution in [0.15, 0.2) is 36.4 Å². The Morgan fingerprint density at radius 2 is 1.87 bits per heavy atom. The molecule has 0 radical (unpaired) electrons. The molecule has 0 atom stereocenters. The number of thiazole rings is 1. The van der Waals surface area contributed by atoms with Crippen molar-refractivity contribution in [3.63, 3.8) is 0 Å². The topological polar surface area (TPSA) is 72.9 Å². The molecule has 1 amide bonds. The molecule has 1 aromatic heterocycles. The maximum Gasteiger partial charge on any atom is 0.224 e. The lowest BCUT2D eigenvalue weighted by Gasteiger charge is -2.25. The monoisotopic (exact) mass is 427 g/mol. The van der Waals surface area contributed by atoms with E-state index in [1.54, 1.807) is 25.6 Å². The van der Waals surface area contributed by atoms with Gasteiger partial charge in [0.25, 0.3) is 0 Å². The summed E-state index contributed by atoms with van der Waals surface area (Å²) >= 11 is 1.64. The number of nitrogens with zero attached hydrogens (tertiary/aromatic N) is 2. The van der Waals surface area contributed by atoms with Crippen LogP contribution in [0.1, 0.15) is 12.0 Å². The Morgan fingerprint density at radius 1 is 1.13 bits per heavy atom. The molecule has 0 aliphatic carbocycles. The van der Waals surface area contributed by atoms with Gasteiger partial charge in [-0.3, -0.25) is 4.79 Å². The molecule has 1 fully saturated rings. The van der Waals surface area contributed by atoms with E-state index in [4.69, 9.17) is 19.2 Å². The van der Waals surface area contributed by atoms with Crippen LogP contribution in [0.3, 0.4) is 0 Å². The van der Waals surface area contributed by atoms with Crippen LogP contribution in [0.25, 0.3) is 10.2 Å². The van der Waals surface area contributed by atoms with Crippen LogP contribution in [0.4, 0.5) is 10.8 Å². The van der Waals surface area contributed by atoms with Crippen LogP contribution >= 0.6 is 11.3 Å². The van der Waals surface area contributed by atoms with Crippen molar-refractivity contribution in [1.29, 1.82) is 0 Å². The average molecular weight is 428 g/mol. The first-order valence-corrected chi connectivity index (χ1v) is 10.7. The Labute approximate surface area is 179 Å². The lowest BCUT2D eigenvalue weighted by molar-refractivity contribution is -0.116. The van der Waals surface area contributed by atoms with E-state index in [1.165, 1.54) is 0 Å². The maximum atomic E-state index is 12.5. The molecule has 2 aromatic carbocycles. The summed E-state index contributed by atoms with van der Waals surface area (Å²) in [6, 6.07) is 11.5. The minimum atomic E-state index is -0.0333. The quantitative estimate of drug-likeness (QED) is 0.620. The number of methoxy groups -OCH3 is 2. The van der Waals surface area contributed by atoms with Crippen molar-refractivity contribution >= 4 is 38.3 Å². The summed E-state index contributed by atoms with van der Waals surface area (Å²) in [5.41, 5.74) is 2.73.